The highest BCUT2D eigenvalue weighted by atomic mass is 16.2. The van der Waals surface area contributed by atoms with Crippen molar-refractivity contribution in [2.45, 2.75) is 25.9 Å². The summed E-state index contributed by atoms with van der Waals surface area (Å²) in [5, 5.41) is 3.12. The smallest absolute Gasteiger partial charge is 0.278 e. The molecule has 2 aromatic rings. The molecule has 1 aromatic carbocycles. The van der Waals surface area contributed by atoms with Crippen molar-refractivity contribution in [1.82, 2.24) is 9.97 Å². The molecule has 22 heavy (non-hydrogen) atoms. The summed E-state index contributed by atoms with van der Waals surface area (Å²) in [5.74, 6) is 0.112. The van der Waals surface area contributed by atoms with Crippen LogP contribution in [0.2, 0.25) is 0 Å². The van der Waals surface area contributed by atoms with Crippen LogP contribution in [-0.2, 0) is 0 Å². The second-order valence-electron chi connectivity index (χ2n) is 5.36. The number of nitrogen functional groups attached to an aromatic ring is 1. The van der Waals surface area contributed by atoms with E-state index in [-0.39, 0.29) is 29.6 Å². The standard InChI is InChI=1S/C15H17N5O2/c1-8-9(2)20(14(22)10-6-4-3-5-7-10)11-12(17-8)18-15(16)19-13(11)21/h3-9H,1-2H3,(H4,16,17,18,19,21)/t8-,9+/m1/s1. The summed E-state index contributed by atoms with van der Waals surface area (Å²) in [6.07, 6.45) is 0. The predicted octanol–water partition coefficient (Wildman–Crippen LogP) is 1.20. The number of hydrogen-bond acceptors (Lipinski definition) is 5. The van der Waals surface area contributed by atoms with Crippen LogP contribution in [0.25, 0.3) is 0 Å². The van der Waals surface area contributed by atoms with Gasteiger partial charge in [0, 0.05) is 11.6 Å². The van der Waals surface area contributed by atoms with E-state index in [4.69, 9.17) is 5.73 Å². The highest BCUT2D eigenvalue weighted by molar-refractivity contribution is 6.08. The van der Waals surface area contributed by atoms with Crippen molar-refractivity contribution in [3.8, 4) is 0 Å². The summed E-state index contributed by atoms with van der Waals surface area (Å²) in [7, 11) is 0. The molecule has 1 aliphatic heterocycles. The van der Waals surface area contributed by atoms with E-state index in [0.717, 1.165) is 0 Å². The Hall–Kier alpha value is -2.83. The first-order valence-corrected chi connectivity index (χ1v) is 7.04. The Labute approximate surface area is 127 Å². The van der Waals surface area contributed by atoms with Gasteiger partial charge in [0.1, 0.15) is 0 Å². The lowest BCUT2D eigenvalue weighted by molar-refractivity contribution is 0.0974. The van der Waals surface area contributed by atoms with E-state index in [1.807, 2.05) is 19.9 Å². The summed E-state index contributed by atoms with van der Waals surface area (Å²) in [5.41, 5.74) is 5.87. The fraction of sp³-hybridized carbons (Fsp3) is 0.267. The molecule has 2 heterocycles. The Bertz CT molecular complexity index is 771. The fourth-order valence-corrected chi connectivity index (χ4v) is 2.58. The van der Waals surface area contributed by atoms with Crippen LogP contribution in [0, 0.1) is 0 Å². The Morgan fingerprint density at radius 3 is 2.64 bits per heavy atom. The van der Waals surface area contributed by atoms with Crippen LogP contribution in [0.3, 0.4) is 0 Å². The maximum absolute atomic E-state index is 12.8. The van der Waals surface area contributed by atoms with Crippen LogP contribution in [0.1, 0.15) is 24.2 Å². The second-order valence-corrected chi connectivity index (χ2v) is 5.36. The Balaban J connectivity index is 2.15. The SMILES string of the molecule is C[C@H]1Nc2nc(N)[nH]c(=O)c2N(C(=O)c2ccccc2)[C@H]1C. The molecular formula is C15H17N5O2. The number of fused-ring (bicyclic) bond motifs is 1. The molecular weight excluding hydrogens is 282 g/mol. The normalized spacial score (nSPS) is 20.2. The number of carbonyl (C=O) groups excluding carboxylic acids is 1. The minimum Gasteiger partial charge on any atom is -0.369 e. The number of aromatic amines is 1. The molecule has 1 aliphatic rings. The Morgan fingerprint density at radius 1 is 1.27 bits per heavy atom. The molecule has 0 radical (unpaired) electrons. The summed E-state index contributed by atoms with van der Waals surface area (Å²) in [6, 6.07) is 8.59. The molecule has 1 aromatic heterocycles. The largest absolute Gasteiger partial charge is 0.369 e. The van der Waals surface area contributed by atoms with E-state index in [0.29, 0.717) is 11.4 Å². The molecule has 3 rings (SSSR count). The average molecular weight is 299 g/mol. The maximum atomic E-state index is 12.8. The number of rotatable bonds is 1. The molecule has 0 spiro atoms. The van der Waals surface area contributed by atoms with E-state index in [1.165, 1.54) is 4.90 Å². The van der Waals surface area contributed by atoms with Crippen molar-refractivity contribution in [3.63, 3.8) is 0 Å². The van der Waals surface area contributed by atoms with Crippen LogP contribution in [0.4, 0.5) is 17.5 Å². The van der Waals surface area contributed by atoms with Gasteiger partial charge in [-0.05, 0) is 26.0 Å². The van der Waals surface area contributed by atoms with Crippen molar-refractivity contribution in [3.05, 3.63) is 46.2 Å². The van der Waals surface area contributed by atoms with Gasteiger partial charge in [0.05, 0.1) is 6.04 Å². The van der Waals surface area contributed by atoms with Crippen molar-refractivity contribution < 1.29 is 4.79 Å². The van der Waals surface area contributed by atoms with Crippen molar-refractivity contribution in [2.75, 3.05) is 16.0 Å². The third-order valence-electron chi connectivity index (χ3n) is 3.89. The highest BCUT2D eigenvalue weighted by Crippen LogP contribution is 2.30. The van der Waals surface area contributed by atoms with Crippen LogP contribution >= 0.6 is 0 Å². The van der Waals surface area contributed by atoms with Crippen molar-refractivity contribution in [1.29, 1.82) is 0 Å². The molecule has 114 valence electrons. The van der Waals surface area contributed by atoms with Gasteiger partial charge < -0.3 is 11.1 Å². The Morgan fingerprint density at radius 2 is 1.95 bits per heavy atom. The average Bonchev–Trinajstić information content (AvgIpc) is 2.49. The van der Waals surface area contributed by atoms with Gasteiger partial charge in [0.15, 0.2) is 11.5 Å². The van der Waals surface area contributed by atoms with Gasteiger partial charge in [-0.3, -0.25) is 19.5 Å². The topological polar surface area (TPSA) is 104 Å². The quantitative estimate of drug-likeness (QED) is 0.734. The zero-order valence-electron chi connectivity index (χ0n) is 12.3. The molecule has 0 saturated heterocycles. The van der Waals surface area contributed by atoms with Gasteiger partial charge in [-0.15, -0.1) is 0 Å². The molecule has 0 saturated carbocycles. The van der Waals surface area contributed by atoms with Crippen LogP contribution in [0.5, 0.6) is 0 Å². The van der Waals surface area contributed by atoms with Gasteiger partial charge in [0.25, 0.3) is 11.5 Å². The third-order valence-corrected chi connectivity index (χ3v) is 3.89. The first-order valence-electron chi connectivity index (χ1n) is 7.04. The number of nitrogens with zero attached hydrogens (tertiary/aromatic N) is 2. The number of hydrogen-bond donors (Lipinski definition) is 3. The number of benzene rings is 1. The van der Waals surface area contributed by atoms with Gasteiger partial charge in [-0.1, -0.05) is 18.2 Å². The lowest BCUT2D eigenvalue weighted by Crippen LogP contribution is -2.53. The number of carbonyl (C=O) groups is 1. The molecule has 0 fully saturated rings. The van der Waals surface area contributed by atoms with Crippen LogP contribution in [0.15, 0.2) is 35.1 Å². The summed E-state index contributed by atoms with van der Waals surface area (Å²) >= 11 is 0. The van der Waals surface area contributed by atoms with Crippen molar-refractivity contribution >= 4 is 23.4 Å². The number of aromatic nitrogens is 2. The molecule has 7 heteroatoms. The molecule has 1 amide bonds. The minimum absolute atomic E-state index is 0.0186. The molecule has 0 bridgehead atoms. The second kappa shape index (κ2) is 5.18. The van der Waals surface area contributed by atoms with Gasteiger partial charge >= 0.3 is 0 Å². The van der Waals surface area contributed by atoms with Crippen molar-refractivity contribution in [2.24, 2.45) is 0 Å². The lowest BCUT2D eigenvalue weighted by Gasteiger charge is -2.38. The maximum Gasteiger partial charge on any atom is 0.278 e. The summed E-state index contributed by atoms with van der Waals surface area (Å²) in [4.78, 5) is 33.1. The molecule has 2 atom stereocenters. The predicted molar refractivity (Wildman–Crippen MR) is 85.1 cm³/mol. The van der Waals surface area contributed by atoms with E-state index >= 15 is 0 Å². The first kappa shape index (κ1) is 14.1. The number of nitrogens with two attached hydrogens (primary N) is 1. The van der Waals surface area contributed by atoms with E-state index in [1.54, 1.807) is 24.3 Å². The lowest BCUT2D eigenvalue weighted by atomic mass is 10.0. The Kier molecular flexibility index (Phi) is 3.32. The monoisotopic (exact) mass is 299 g/mol. The van der Waals surface area contributed by atoms with Crippen LogP contribution < -0.4 is 21.5 Å². The molecule has 0 unspecified atom stereocenters. The molecule has 7 nitrogen and oxygen atoms in total. The number of H-pyrrole nitrogens is 1. The van der Waals surface area contributed by atoms with Crippen LogP contribution in [-0.4, -0.2) is 28.0 Å². The highest BCUT2D eigenvalue weighted by Gasteiger charge is 2.36. The zero-order valence-corrected chi connectivity index (χ0v) is 12.3. The van der Waals surface area contributed by atoms with Gasteiger partial charge in [-0.2, -0.15) is 4.98 Å². The van der Waals surface area contributed by atoms with Gasteiger partial charge in [-0.25, -0.2) is 0 Å². The van der Waals surface area contributed by atoms with E-state index in [9.17, 15) is 9.59 Å². The number of anilines is 3. The fourth-order valence-electron chi connectivity index (χ4n) is 2.58. The van der Waals surface area contributed by atoms with Gasteiger partial charge in [0.2, 0.25) is 5.95 Å². The summed E-state index contributed by atoms with van der Waals surface area (Å²) < 4.78 is 0. The summed E-state index contributed by atoms with van der Waals surface area (Å²) in [6.45, 7) is 3.81. The first-order chi connectivity index (χ1) is 10.5. The number of amides is 1. The van der Waals surface area contributed by atoms with E-state index in [2.05, 4.69) is 15.3 Å². The number of nitrogens with one attached hydrogen (secondary N) is 2. The minimum atomic E-state index is -0.432. The molecule has 4 N–H and O–H groups in total. The zero-order chi connectivity index (χ0) is 15.9. The third kappa shape index (κ3) is 2.20. The van der Waals surface area contributed by atoms with E-state index < -0.39 is 5.56 Å². The molecule has 0 aliphatic carbocycles.